The molecule has 2 aromatic rings. The molecule has 1 heterocycles. The molecule has 0 saturated carbocycles. The van der Waals surface area contributed by atoms with Gasteiger partial charge in [0.15, 0.2) is 5.78 Å². The smallest absolute Gasteiger partial charge is 0.315 e. The van der Waals surface area contributed by atoms with Gasteiger partial charge in [0.2, 0.25) is 0 Å². The van der Waals surface area contributed by atoms with E-state index < -0.39 is 23.6 Å². The lowest BCUT2D eigenvalue weighted by molar-refractivity contribution is -0.146. The number of rotatable bonds is 5. The van der Waals surface area contributed by atoms with Crippen LogP contribution in [-0.2, 0) is 14.3 Å². The zero-order valence-corrected chi connectivity index (χ0v) is 18.9. The minimum atomic E-state index is -0.826. The molecule has 0 saturated heterocycles. The van der Waals surface area contributed by atoms with Crippen LogP contribution in [0, 0.1) is 11.7 Å². The zero-order valence-electron chi connectivity index (χ0n) is 18.1. The van der Waals surface area contributed by atoms with Crippen molar-refractivity contribution < 1.29 is 18.7 Å². The SMILES string of the molecule is CCCOC(=O)C1C(C)=NC2=C(C(=O)C[C@H](c3ccc(Cl)cc3)C2)[C@@H]1c1ccccc1F. The number of hydrogen-bond donors (Lipinski definition) is 0. The van der Waals surface area contributed by atoms with Crippen LogP contribution in [0.25, 0.3) is 0 Å². The maximum absolute atomic E-state index is 14.9. The van der Waals surface area contributed by atoms with E-state index in [1.807, 2.05) is 31.2 Å². The van der Waals surface area contributed by atoms with E-state index in [1.54, 1.807) is 25.1 Å². The number of ether oxygens (including phenoxy) is 1. The van der Waals surface area contributed by atoms with Gasteiger partial charge < -0.3 is 4.74 Å². The van der Waals surface area contributed by atoms with Gasteiger partial charge in [-0.05, 0) is 55.0 Å². The first-order valence-corrected chi connectivity index (χ1v) is 11.3. The third-order valence-electron chi connectivity index (χ3n) is 6.17. The molecule has 6 heteroatoms. The van der Waals surface area contributed by atoms with Crippen molar-refractivity contribution in [1.29, 1.82) is 0 Å². The Morgan fingerprint density at radius 2 is 1.88 bits per heavy atom. The highest BCUT2D eigenvalue weighted by Crippen LogP contribution is 2.47. The van der Waals surface area contributed by atoms with Gasteiger partial charge in [0, 0.05) is 34.3 Å². The Morgan fingerprint density at radius 3 is 2.56 bits per heavy atom. The van der Waals surface area contributed by atoms with Crippen LogP contribution in [0.5, 0.6) is 0 Å². The van der Waals surface area contributed by atoms with E-state index in [4.69, 9.17) is 21.3 Å². The highest BCUT2D eigenvalue weighted by atomic mass is 35.5. The second kappa shape index (κ2) is 9.37. The van der Waals surface area contributed by atoms with Crippen LogP contribution in [0.3, 0.4) is 0 Å². The maximum atomic E-state index is 14.9. The van der Waals surface area contributed by atoms with Crippen LogP contribution in [0.4, 0.5) is 4.39 Å². The largest absolute Gasteiger partial charge is 0.465 e. The fourth-order valence-electron chi connectivity index (χ4n) is 4.69. The van der Waals surface area contributed by atoms with Gasteiger partial charge in [-0.3, -0.25) is 14.6 Å². The molecule has 0 spiro atoms. The number of esters is 1. The average Bonchev–Trinajstić information content (AvgIpc) is 2.77. The Hall–Kier alpha value is -2.79. The summed E-state index contributed by atoms with van der Waals surface area (Å²) >= 11 is 6.02. The topological polar surface area (TPSA) is 55.7 Å². The van der Waals surface area contributed by atoms with Crippen LogP contribution < -0.4 is 0 Å². The molecule has 32 heavy (non-hydrogen) atoms. The fourth-order valence-corrected chi connectivity index (χ4v) is 4.82. The molecule has 1 aliphatic heterocycles. The quantitative estimate of drug-likeness (QED) is 0.521. The molecular weight excluding hydrogens is 429 g/mol. The Labute approximate surface area is 192 Å². The molecule has 0 aromatic heterocycles. The van der Waals surface area contributed by atoms with E-state index >= 15 is 0 Å². The normalized spacial score (nSPS) is 22.9. The summed E-state index contributed by atoms with van der Waals surface area (Å²) in [5.41, 5.74) is 2.94. The molecule has 3 atom stereocenters. The Bertz CT molecular complexity index is 1110. The third kappa shape index (κ3) is 4.26. The summed E-state index contributed by atoms with van der Waals surface area (Å²) < 4.78 is 20.3. The molecule has 1 unspecified atom stereocenters. The molecule has 4 rings (SSSR count). The van der Waals surface area contributed by atoms with Crippen molar-refractivity contribution in [3.63, 3.8) is 0 Å². The van der Waals surface area contributed by atoms with Gasteiger partial charge in [0.25, 0.3) is 0 Å². The highest BCUT2D eigenvalue weighted by Gasteiger charge is 2.45. The summed E-state index contributed by atoms with van der Waals surface area (Å²) in [5.74, 6) is -2.63. The van der Waals surface area contributed by atoms with Crippen LogP contribution in [0.2, 0.25) is 5.02 Å². The van der Waals surface area contributed by atoms with Crippen LogP contribution in [0.15, 0.2) is 64.8 Å². The maximum Gasteiger partial charge on any atom is 0.315 e. The molecule has 0 fully saturated rings. The fraction of sp³-hybridized carbons (Fsp3) is 0.346. The summed E-state index contributed by atoms with van der Waals surface area (Å²) in [6.07, 6.45) is 1.49. The molecule has 2 aliphatic rings. The number of Topliss-reactive ketones (excluding diaryl/α,β-unsaturated/α-hetero) is 1. The monoisotopic (exact) mass is 453 g/mol. The Morgan fingerprint density at radius 1 is 1.16 bits per heavy atom. The van der Waals surface area contributed by atoms with E-state index in [2.05, 4.69) is 0 Å². The summed E-state index contributed by atoms with van der Waals surface area (Å²) in [4.78, 5) is 31.1. The van der Waals surface area contributed by atoms with Gasteiger partial charge >= 0.3 is 5.97 Å². The van der Waals surface area contributed by atoms with Crippen molar-refractivity contribution in [2.24, 2.45) is 10.9 Å². The molecule has 0 N–H and O–H groups in total. The van der Waals surface area contributed by atoms with Gasteiger partial charge in [0.1, 0.15) is 11.7 Å². The van der Waals surface area contributed by atoms with Crippen molar-refractivity contribution in [3.8, 4) is 0 Å². The van der Waals surface area contributed by atoms with Crippen molar-refractivity contribution in [2.45, 2.75) is 44.9 Å². The van der Waals surface area contributed by atoms with Gasteiger partial charge in [-0.2, -0.15) is 0 Å². The van der Waals surface area contributed by atoms with E-state index in [9.17, 15) is 14.0 Å². The predicted octanol–water partition coefficient (Wildman–Crippen LogP) is 6.01. The molecule has 0 amide bonds. The van der Waals surface area contributed by atoms with Crippen molar-refractivity contribution in [2.75, 3.05) is 6.61 Å². The summed E-state index contributed by atoms with van der Waals surface area (Å²) in [6, 6.07) is 13.8. The van der Waals surface area contributed by atoms with Gasteiger partial charge in [-0.15, -0.1) is 0 Å². The van der Waals surface area contributed by atoms with Crippen molar-refractivity contribution in [1.82, 2.24) is 0 Å². The number of hydrogen-bond acceptors (Lipinski definition) is 4. The Balaban J connectivity index is 1.79. The lowest BCUT2D eigenvalue weighted by Gasteiger charge is -2.36. The summed E-state index contributed by atoms with van der Waals surface area (Å²) in [5, 5.41) is 0.635. The van der Waals surface area contributed by atoms with E-state index in [1.165, 1.54) is 6.07 Å². The average molecular weight is 454 g/mol. The number of ketones is 1. The number of halogens is 2. The first-order valence-electron chi connectivity index (χ1n) is 10.9. The van der Waals surface area contributed by atoms with E-state index in [-0.39, 0.29) is 24.7 Å². The predicted molar refractivity (Wildman–Crippen MR) is 122 cm³/mol. The second-order valence-electron chi connectivity index (χ2n) is 8.34. The first kappa shape index (κ1) is 22.4. The van der Waals surface area contributed by atoms with Gasteiger partial charge in [0.05, 0.1) is 6.61 Å². The summed E-state index contributed by atoms with van der Waals surface area (Å²) in [7, 11) is 0. The molecule has 4 nitrogen and oxygen atoms in total. The number of benzene rings is 2. The van der Waals surface area contributed by atoms with Gasteiger partial charge in [-0.1, -0.05) is 48.9 Å². The van der Waals surface area contributed by atoms with Crippen LogP contribution in [0.1, 0.15) is 56.1 Å². The second-order valence-corrected chi connectivity index (χ2v) is 8.77. The summed E-state index contributed by atoms with van der Waals surface area (Å²) in [6.45, 7) is 3.93. The minimum absolute atomic E-state index is 0.0417. The molecule has 1 aliphatic carbocycles. The van der Waals surface area contributed by atoms with Gasteiger partial charge in [-0.25, -0.2) is 4.39 Å². The van der Waals surface area contributed by atoms with E-state index in [0.717, 1.165) is 5.56 Å². The third-order valence-corrected chi connectivity index (χ3v) is 6.42. The molecular formula is C26H25ClFNO3. The standard InChI is InChI=1S/C26H25ClFNO3/c1-3-12-32-26(31)23-15(2)29-21-13-17(16-8-10-18(27)11-9-16)14-22(30)25(21)24(23)19-6-4-5-7-20(19)28/h4-11,17,23-24H,3,12-14H2,1-2H3/t17-,23?,24-/m1/s1. The van der Waals surface area contributed by atoms with E-state index in [0.29, 0.717) is 40.4 Å². The molecule has 2 aromatic carbocycles. The number of allylic oxidation sites excluding steroid dienone is 2. The lowest BCUT2D eigenvalue weighted by atomic mass is 9.69. The number of nitrogens with zero attached hydrogens (tertiary/aromatic N) is 1. The zero-order chi connectivity index (χ0) is 22.8. The van der Waals surface area contributed by atoms with Crippen molar-refractivity contribution in [3.05, 3.63) is 81.8 Å². The molecule has 0 bridgehead atoms. The first-order chi connectivity index (χ1) is 15.4. The molecule has 0 radical (unpaired) electrons. The molecule has 166 valence electrons. The minimum Gasteiger partial charge on any atom is -0.465 e. The van der Waals surface area contributed by atoms with Crippen LogP contribution in [-0.4, -0.2) is 24.1 Å². The number of carbonyl (C=O) groups excluding carboxylic acids is 2. The lowest BCUT2D eigenvalue weighted by Crippen LogP contribution is -2.38. The number of carbonyl (C=O) groups is 2. The highest BCUT2D eigenvalue weighted by molar-refractivity contribution is 6.30. The van der Waals surface area contributed by atoms with Crippen LogP contribution >= 0.6 is 11.6 Å². The van der Waals surface area contributed by atoms with Crippen molar-refractivity contribution >= 4 is 29.1 Å². The number of aliphatic imine (C=N–C) groups is 1. The Kier molecular flexibility index (Phi) is 6.56.